The van der Waals surface area contributed by atoms with Crippen molar-refractivity contribution in [2.45, 2.75) is 12.3 Å². The van der Waals surface area contributed by atoms with Crippen LogP contribution in [0, 0.1) is 0 Å². The first kappa shape index (κ1) is 19.5. The van der Waals surface area contributed by atoms with E-state index in [2.05, 4.69) is 114 Å². The molecular formula is C35H22N2. The summed E-state index contributed by atoms with van der Waals surface area (Å²) in [5.74, 6) is 0.388. The van der Waals surface area contributed by atoms with E-state index in [-0.39, 0.29) is 0 Å². The van der Waals surface area contributed by atoms with E-state index < -0.39 is 0 Å². The summed E-state index contributed by atoms with van der Waals surface area (Å²) in [6.45, 7) is 0. The average Bonchev–Trinajstić information content (AvgIpc) is 3.48. The molecule has 0 N–H and O–H groups in total. The molecule has 0 aliphatic heterocycles. The molecule has 2 aliphatic rings. The lowest BCUT2D eigenvalue weighted by Crippen LogP contribution is -2.10. The number of benzene rings is 5. The van der Waals surface area contributed by atoms with Gasteiger partial charge in [-0.1, -0.05) is 103 Å². The standard InChI is InChI=1S/C35H22N2/c1-3-10-23-21(8-1)16-17-26-25-13-7-14-27-31(19-18-29(32(23)26)33(25)27)37-30-15-6-5-12-28(30)34-35(37)24-11-4-2-9-22(24)20-36-34/h1-17,19-20,29H,18H2. The molecule has 0 fully saturated rings. The Balaban J connectivity index is 1.38. The summed E-state index contributed by atoms with van der Waals surface area (Å²) in [5.41, 5.74) is 11.8. The third kappa shape index (κ3) is 2.43. The van der Waals surface area contributed by atoms with Crippen LogP contribution >= 0.6 is 0 Å². The van der Waals surface area contributed by atoms with E-state index in [1.54, 1.807) is 0 Å². The molecule has 0 saturated carbocycles. The van der Waals surface area contributed by atoms with Gasteiger partial charge in [0.1, 0.15) is 0 Å². The molecule has 37 heavy (non-hydrogen) atoms. The summed E-state index contributed by atoms with van der Waals surface area (Å²) in [5, 5.41) is 6.33. The molecule has 2 heterocycles. The van der Waals surface area contributed by atoms with E-state index in [0.717, 1.165) is 11.9 Å². The highest BCUT2D eigenvalue weighted by molar-refractivity contribution is 6.17. The lowest BCUT2D eigenvalue weighted by molar-refractivity contribution is 0.838. The zero-order valence-electron chi connectivity index (χ0n) is 20.1. The maximum Gasteiger partial charge on any atom is 0.0970 e. The number of nitrogens with zero attached hydrogens (tertiary/aromatic N) is 2. The highest BCUT2D eigenvalue weighted by Crippen LogP contribution is 2.54. The summed E-state index contributed by atoms with van der Waals surface area (Å²) in [6, 6.07) is 37.7. The molecule has 7 aromatic rings. The lowest BCUT2D eigenvalue weighted by Gasteiger charge is -2.25. The minimum Gasteiger partial charge on any atom is -0.307 e. The van der Waals surface area contributed by atoms with E-state index in [1.165, 1.54) is 71.5 Å². The maximum atomic E-state index is 4.97. The highest BCUT2D eigenvalue weighted by Gasteiger charge is 2.35. The molecule has 2 aromatic heterocycles. The number of para-hydroxylation sites is 1. The number of rotatable bonds is 1. The third-order valence-corrected chi connectivity index (χ3v) is 8.52. The van der Waals surface area contributed by atoms with Gasteiger partial charge in [-0.05, 0) is 45.5 Å². The third-order valence-electron chi connectivity index (χ3n) is 8.52. The monoisotopic (exact) mass is 470 g/mol. The first-order valence-electron chi connectivity index (χ1n) is 13.0. The zero-order valence-corrected chi connectivity index (χ0v) is 20.1. The van der Waals surface area contributed by atoms with Gasteiger partial charge in [-0.3, -0.25) is 4.98 Å². The van der Waals surface area contributed by atoms with Crippen molar-refractivity contribution in [3.05, 3.63) is 132 Å². The number of aromatic nitrogens is 2. The topological polar surface area (TPSA) is 17.8 Å². The van der Waals surface area contributed by atoms with Crippen LogP contribution in [0.4, 0.5) is 0 Å². The van der Waals surface area contributed by atoms with Crippen molar-refractivity contribution in [2.24, 2.45) is 0 Å². The molecule has 0 saturated heterocycles. The Morgan fingerprint density at radius 1 is 0.595 bits per heavy atom. The molecule has 0 bridgehead atoms. The van der Waals surface area contributed by atoms with Crippen LogP contribution in [-0.2, 0) is 0 Å². The highest BCUT2D eigenvalue weighted by atomic mass is 15.0. The van der Waals surface area contributed by atoms with Crippen LogP contribution in [0.1, 0.15) is 29.0 Å². The van der Waals surface area contributed by atoms with Gasteiger partial charge in [-0.2, -0.15) is 0 Å². The first-order chi connectivity index (χ1) is 18.4. The van der Waals surface area contributed by atoms with Gasteiger partial charge in [0.25, 0.3) is 0 Å². The Bertz CT molecular complexity index is 2130. The molecule has 1 atom stereocenters. The van der Waals surface area contributed by atoms with Crippen LogP contribution in [0.2, 0.25) is 0 Å². The number of hydrogen-bond acceptors (Lipinski definition) is 1. The predicted molar refractivity (Wildman–Crippen MR) is 154 cm³/mol. The van der Waals surface area contributed by atoms with Crippen molar-refractivity contribution in [3.63, 3.8) is 0 Å². The smallest absolute Gasteiger partial charge is 0.0970 e. The Hall–Kier alpha value is -4.69. The number of fused-ring (bicyclic) bond motifs is 10. The summed E-state index contributed by atoms with van der Waals surface area (Å²) < 4.78 is 2.48. The maximum absolute atomic E-state index is 4.97. The average molecular weight is 471 g/mol. The van der Waals surface area contributed by atoms with Gasteiger partial charge in [-0.15, -0.1) is 0 Å². The molecule has 1 unspecified atom stereocenters. The molecule has 9 rings (SSSR count). The van der Waals surface area contributed by atoms with Crippen LogP contribution in [0.25, 0.3) is 60.3 Å². The van der Waals surface area contributed by atoms with Crippen molar-refractivity contribution in [1.82, 2.24) is 9.55 Å². The van der Waals surface area contributed by atoms with Gasteiger partial charge >= 0.3 is 0 Å². The Kier molecular flexibility index (Phi) is 3.66. The fourth-order valence-electron chi connectivity index (χ4n) is 7.05. The van der Waals surface area contributed by atoms with E-state index >= 15 is 0 Å². The quantitative estimate of drug-likeness (QED) is 0.234. The van der Waals surface area contributed by atoms with Crippen molar-refractivity contribution >= 4 is 49.2 Å². The van der Waals surface area contributed by atoms with Gasteiger partial charge in [0.05, 0.1) is 16.6 Å². The molecule has 5 aromatic carbocycles. The van der Waals surface area contributed by atoms with E-state index in [1.807, 2.05) is 6.20 Å². The van der Waals surface area contributed by atoms with E-state index in [9.17, 15) is 0 Å². The predicted octanol–water partition coefficient (Wildman–Crippen LogP) is 8.90. The van der Waals surface area contributed by atoms with Gasteiger partial charge in [0.15, 0.2) is 0 Å². The SMILES string of the molecule is C1=C(n2c3ccccc3c3ncc4ccccc4c32)c2cccc3c2C(C1)c1c-3ccc2ccccc12. The molecule has 2 heteroatoms. The van der Waals surface area contributed by atoms with Crippen LogP contribution in [0.15, 0.2) is 115 Å². The Morgan fingerprint density at radius 3 is 2.24 bits per heavy atom. The number of allylic oxidation sites excluding steroid dienone is 1. The summed E-state index contributed by atoms with van der Waals surface area (Å²) in [7, 11) is 0. The molecule has 0 radical (unpaired) electrons. The van der Waals surface area contributed by atoms with Crippen LogP contribution < -0.4 is 0 Å². The van der Waals surface area contributed by atoms with Crippen molar-refractivity contribution in [2.75, 3.05) is 0 Å². The Labute approximate surface area is 214 Å². The van der Waals surface area contributed by atoms with Crippen molar-refractivity contribution < 1.29 is 0 Å². The lowest BCUT2D eigenvalue weighted by atomic mass is 9.83. The zero-order chi connectivity index (χ0) is 24.1. The van der Waals surface area contributed by atoms with E-state index in [4.69, 9.17) is 4.98 Å². The van der Waals surface area contributed by atoms with Crippen molar-refractivity contribution in [1.29, 1.82) is 0 Å². The van der Waals surface area contributed by atoms with Crippen molar-refractivity contribution in [3.8, 4) is 11.1 Å². The largest absolute Gasteiger partial charge is 0.307 e. The molecule has 0 amide bonds. The molecular weight excluding hydrogens is 448 g/mol. The molecule has 2 nitrogen and oxygen atoms in total. The van der Waals surface area contributed by atoms with Gasteiger partial charge < -0.3 is 4.57 Å². The minimum absolute atomic E-state index is 0.388. The number of pyridine rings is 1. The second-order valence-electron chi connectivity index (χ2n) is 10.3. The first-order valence-corrected chi connectivity index (χ1v) is 13.0. The van der Waals surface area contributed by atoms with E-state index in [0.29, 0.717) is 5.92 Å². The fraction of sp³-hybridized carbons (Fsp3) is 0.0571. The number of hydrogen-bond donors (Lipinski definition) is 0. The van der Waals surface area contributed by atoms with Gasteiger partial charge in [-0.25, -0.2) is 0 Å². The van der Waals surface area contributed by atoms with Crippen LogP contribution in [0.3, 0.4) is 0 Å². The summed E-state index contributed by atoms with van der Waals surface area (Å²) in [6.07, 6.45) is 5.48. The Morgan fingerprint density at radius 2 is 1.32 bits per heavy atom. The molecule has 172 valence electrons. The normalized spacial score (nSPS) is 15.9. The van der Waals surface area contributed by atoms with Crippen LogP contribution in [0.5, 0.6) is 0 Å². The second kappa shape index (κ2) is 6.96. The summed E-state index contributed by atoms with van der Waals surface area (Å²) >= 11 is 0. The molecule has 0 spiro atoms. The molecule has 2 aliphatic carbocycles. The van der Waals surface area contributed by atoms with Gasteiger partial charge in [0.2, 0.25) is 0 Å². The van der Waals surface area contributed by atoms with Crippen LogP contribution in [-0.4, -0.2) is 9.55 Å². The minimum atomic E-state index is 0.388. The second-order valence-corrected chi connectivity index (χ2v) is 10.3. The fourth-order valence-corrected chi connectivity index (χ4v) is 7.05. The summed E-state index contributed by atoms with van der Waals surface area (Å²) in [4.78, 5) is 4.97. The van der Waals surface area contributed by atoms with Gasteiger partial charge in [0, 0.05) is 39.5 Å².